The molecule has 1 aliphatic rings. The van der Waals surface area contributed by atoms with Crippen LogP contribution in [0.2, 0.25) is 0 Å². The minimum atomic E-state index is -4.47. The van der Waals surface area contributed by atoms with Crippen LogP contribution in [0.5, 0.6) is 0 Å². The Bertz CT molecular complexity index is 492. The van der Waals surface area contributed by atoms with Gasteiger partial charge in [-0.25, -0.2) is 4.98 Å². The van der Waals surface area contributed by atoms with E-state index in [0.717, 1.165) is 16.7 Å². The Balaban J connectivity index is 2.08. The SMILES string of the molecule is COC(=O)C1CC(O)CN1Cc1nc(C(F)(F)F)cs1. The standard InChI is InChI=1S/C11H13F3N2O3S/c1-19-10(18)7-2-6(17)3-16(7)4-9-15-8(5-20-9)11(12,13)14/h5-7,17H,2-4H2,1H3. The maximum absolute atomic E-state index is 12.5. The number of thiazole rings is 1. The average Bonchev–Trinajstić information content (AvgIpc) is 2.95. The summed E-state index contributed by atoms with van der Waals surface area (Å²) in [5.41, 5.74) is -0.938. The molecule has 0 amide bonds. The number of nitrogens with zero attached hydrogens (tertiary/aromatic N) is 2. The highest BCUT2D eigenvalue weighted by molar-refractivity contribution is 7.09. The maximum Gasteiger partial charge on any atom is 0.434 e. The Morgan fingerprint density at radius 2 is 2.35 bits per heavy atom. The van der Waals surface area contributed by atoms with Gasteiger partial charge in [0.15, 0.2) is 5.69 Å². The van der Waals surface area contributed by atoms with Crippen LogP contribution in [0.4, 0.5) is 13.2 Å². The number of hydrogen-bond donors (Lipinski definition) is 1. The van der Waals surface area contributed by atoms with E-state index in [1.807, 2.05) is 0 Å². The smallest absolute Gasteiger partial charge is 0.434 e. The molecular weight excluding hydrogens is 297 g/mol. The molecule has 0 saturated carbocycles. The van der Waals surface area contributed by atoms with Gasteiger partial charge < -0.3 is 9.84 Å². The van der Waals surface area contributed by atoms with Gasteiger partial charge in [-0.15, -0.1) is 11.3 Å². The molecule has 0 radical (unpaired) electrons. The van der Waals surface area contributed by atoms with Crippen LogP contribution in [-0.2, 0) is 22.3 Å². The van der Waals surface area contributed by atoms with Gasteiger partial charge in [-0.05, 0) is 0 Å². The topological polar surface area (TPSA) is 62.7 Å². The van der Waals surface area contributed by atoms with E-state index in [2.05, 4.69) is 9.72 Å². The molecule has 0 spiro atoms. The quantitative estimate of drug-likeness (QED) is 0.852. The van der Waals surface area contributed by atoms with Crippen molar-refractivity contribution in [3.05, 3.63) is 16.1 Å². The van der Waals surface area contributed by atoms with Gasteiger partial charge in [0, 0.05) is 18.3 Å². The van der Waals surface area contributed by atoms with E-state index in [4.69, 9.17) is 0 Å². The molecule has 9 heteroatoms. The van der Waals surface area contributed by atoms with Gasteiger partial charge in [0.1, 0.15) is 11.0 Å². The number of hydrogen-bond acceptors (Lipinski definition) is 6. The first-order chi connectivity index (χ1) is 9.31. The number of alkyl halides is 3. The lowest BCUT2D eigenvalue weighted by Gasteiger charge is -2.20. The number of halogens is 3. The van der Waals surface area contributed by atoms with Crippen LogP contribution in [0, 0.1) is 0 Å². The number of β-amino-alcohol motifs (C(OH)–C–C–N with tert-alkyl or cyclic N) is 1. The maximum atomic E-state index is 12.5. The number of carbonyl (C=O) groups excluding carboxylic acids is 1. The average molecular weight is 310 g/mol. The zero-order valence-corrected chi connectivity index (χ0v) is 11.4. The Hall–Kier alpha value is -1.19. The predicted octanol–water partition coefficient (Wildman–Crippen LogP) is 1.27. The van der Waals surface area contributed by atoms with Crippen molar-refractivity contribution >= 4 is 17.3 Å². The molecule has 0 aliphatic carbocycles. The molecule has 1 aliphatic heterocycles. The number of aliphatic hydroxyl groups is 1. The molecule has 1 fully saturated rings. The fourth-order valence-corrected chi connectivity index (χ4v) is 2.95. The van der Waals surface area contributed by atoms with Crippen molar-refractivity contribution in [3.8, 4) is 0 Å². The molecule has 5 nitrogen and oxygen atoms in total. The van der Waals surface area contributed by atoms with E-state index in [1.54, 1.807) is 4.90 Å². The minimum Gasteiger partial charge on any atom is -0.468 e. The van der Waals surface area contributed by atoms with Crippen molar-refractivity contribution < 1.29 is 27.8 Å². The predicted molar refractivity (Wildman–Crippen MR) is 64.0 cm³/mol. The highest BCUT2D eigenvalue weighted by atomic mass is 32.1. The van der Waals surface area contributed by atoms with Crippen LogP contribution in [0.25, 0.3) is 0 Å². The second-order valence-electron chi connectivity index (χ2n) is 4.48. The molecule has 112 valence electrons. The lowest BCUT2D eigenvalue weighted by Crippen LogP contribution is -2.36. The Morgan fingerprint density at radius 3 is 2.90 bits per heavy atom. The van der Waals surface area contributed by atoms with Gasteiger partial charge in [0.05, 0.1) is 19.8 Å². The van der Waals surface area contributed by atoms with Crippen LogP contribution < -0.4 is 0 Å². The summed E-state index contributed by atoms with van der Waals surface area (Å²) in [5, 5.41) is 10.8. The van der Waals surface area contributed by atoms with Crippen LogP contribution >= 0.6 is 11.3 Å². The van der Waals surface area contributed by atoms with Gasteiger partial charge in [-0.3, -0.25) is 9.69 Å². The number of aliphatic hydroxyl groups excluding tert-OH is 1. The second kappa shape index (κ2) is 5.66. The molecule has 1 saturated heterocycles. The van der Waals surface area contributed by atoms with E-state index in [0.29, 0.717) is 0 Å². The van der Waals surface area contributed by atoms with Crippen LogP contribution in [0.1, 0.15) is 17.1 Å². The van der Waals surface area contributed by atoms with Crippen LogP contribution in [-0.4, -0.2) is 46.8 Å². The highest BCUT2D eigenvalue weighted by Crippen LogP contribution is 2.31. The largest absolute Gasteiger partial charge is 0.468 e. The van der Waals surface area contributed by atoms with Gasteiger partial charge in [-0.2, -0.15) is 13.2 Å². The van der Waals surface area contributed by atoms with Crippen LogP contribution in [0.3, 0.4) is 0 Å². The first-order valence-corrected chi connectivity index (χ1v) is 6.70. The Morgan fingerprint density at radius 1 is 1.65 bits per heavy atom. The van der Waals surface area contributed by atoms with E-state index in [-0.39, 0.29) is 24.5 Å². The number of aromatic nitrogens is 1. The lowest BCUT2D eigenvalue weighted by molar-refractivity contribution is -0.146. The molecule has 2 unspecified atom stereocenters. The monoisotopic (exact) mass is 310 g/mol. The third-order valence-electron chi connectivity index (χ3n) is 3.04. The van der Waals surface area contributed by atoms with Crippen molar-refractivity contribution in [2.75, 3.05) is 13.7 Å². The van der Waals surface area contributed by atoms with Crippen molar-refractivity contribution in [1.82, 2.24) is 9.88 Å². The van der Waals surface area contributed by atoms with Gasteiger partial charge in [0.2, 0.25) is 0 Å². The zero-order valence-electron chi connectivity index (χ0n) is 10.6. The Kier molecular flexibility index (Phi) is 4.31. The molecule has 0 aromatic carbocycles. The van der Waals surface area contributed by atoms with Crippen LogP contribution in [0.15, 0.2) is 5.38 Å². The minimum absolute atomic E-state index is 0.0809. The second-order valence-corrected chi connectivity index (χ2v) is 5.42. The summed E-state index contributed by atoms with van der Waals surface area (Å²) in [7, 11) is 1.23. The summed E-state index contributed by atoms with van der Waals surface area (Å²) in [4.78, 5) is 16.6. The number of esters is 1. The molecule has 2 heterocycles. The molecule has 20 heavy (non-hydrogen) atoms. The summed E-state index contributed by atoms with van der Waals surface area (Å²) in [5.74, 6) is -0.505. The summed E-state index contributed by atoms with van der Waals surface area (Å²) < 4.78 is 42.0. The number of ether oxygens (including phenoxy) is 1. The zero-order chi connectivity index (χ0) is 14.9. The fraction of sp³-hybridized carbons (Fsp3) is 0.636. The molecule has 1 N–H and O–H groups in total. The van der Waals surface area contributed by atoms with Crippen molar-refractivity contribution in [1.29, 1.82) is 0 Å². The fourth-order valence-electron chi connectivity index (χ4n) is 2.12. The van der Waals surface area contributed by atoms with E-state index < -0.39 is 30.0 Å². The Labute approximate surface area is 117 Å². The molecular formula is C11H13F3N2O3S. The number of methoxy groups -OCH3 is 1. The summed E-state index contributed by atoms with van der Waals surface area (Å²) >= 11 is 0.879. The first kappa shape index (κ1) is 15.2. The number of carbonyl (C=O) groups is 1. The lowest BCUT2D eigenvalue weighted by atomic mass is 10.2. The molecule has 2 rings (SSSR count). The third kappa shape index (κ3) is 3.28. The van der Waals surface area contributed by atoms with Gasteiger partial charge >= 0.3 is 12.1 Å². The third-order valence-corrected chi connectivity index (χ3v) is 3.87. The molecule has 1 aromatic heterocycles. The van der Waals surface area contributed by atoms with Crippen molar-refractivity contribution in [3.63, 3.8) is 0 Å². The summed E-state index contributed by atoms with van der Waals surface area (Å²) in [6.07, 6.45) is -4.95. The van der Waals surface area contributed by atoms with E-state index in [1.165, 1.54) is 7.11 Å². The highest BCUT2D eigenvalue weighted by Gasteiger charge is 2.38. The number of likely N-dealkylation sites (tertiary alicyclic amines) is 1. The van der Waals surface area contributed by atoms with E-state index >= 15 is 0 Å². The summed E-state index contributed by atoms with van der Waals surface area (Å²) in [6, 6.07) is -0.645. The van der Waals surface area contributed by atoms with E-state index in [9.17, 15) is 23.1 Å². The number of rotatable bonds is 3. The van der Waals surface area contributed by atoms with Crippen molar-refractivity contribution in [2.45, 2.75) is 31.3 Å². The van der Waals surface area contributed by atoms with Gasteiger partial charge in [0.25, 0.3) is 0 Å². The molecule has 0 bridgehead atoms. The van der Waals surface area contributed by atoms with Crippen molar-refractivity contribution in [2.24, 2.45) is 0 Å². The molecule has 2 atom stereocenters. The van der Waals surface area contributed by atoms with Gasteiger partial charge in [-0.1, -0.05) is 0 Å². The summed E-state index contributed by atoms with van der Waals surface area (Å²) in [6.45, 7) is 0.290. The normalized spacial score (nSPS) is 24.1. The first-order valence-electron chi connectivity index (χ1n) is 5.82. The molecule has 1 aromatic rings.